The van der Waals surface area contributed by atoms with Crippen LogP contribution in [0.3, 0.4) is 0 Å². The Morgan fingerprint density at radius 3 is 2.67 bits per heavy atom. The van der Waals surface area contributed by atoms with E-state index in [1.165, 1.54) is 18.3 Å². The van der Waals surface area contributed by atoms with Crippen molar-refractivity contribution in [2.75, 3.05) is 4.90 Å². The summed E-state index contributed by atoms with van der Waals surface area (Å²) in [5.74, 6) is -1.30. The SMILES string of the molecule is CC(=O)N(c1cccs1)C1CCCCC1C(=O)O. The second-order valence-corrected chi connectivity index (χ2v) is 5.56. The van der Waals surface area contributed by atoms with E-state index in [1.807, 2.05) is 17.5 Å². The highest BCUT2D eigenvalue weighted by Crippen LogP contribution is 2.34. The summed E-state index contributed by atoms with van der Waals surface area (Å²) in [6, 6.07) is 3.56. The molecule has 2 atom stereocenters. The van der Waals surface area contributed by atoms with E-state index in [0.717, 1.165) is 24.3 Å². The zero-order chi connectivity index (χ0) is 13.1. The maximum atomic E-state index is 11.8. The van der Waals surface area contributed by atoms with Crippen molar-refractivity contribution in [3.05, 3.63) is 17.5 Å². The molecule has 0 bridgehead atoms. The molecule has 18 heavy (non-hydrogen) atoms. The van der Waals surface area contributed by atoms with Crippen LogP contribution in [0, 0.1) is 5.92 Å². The van der Waals surface area contributed by atoms with Gasteiger partial charge in [0.15, 0.2) is 0 Å². The zero-order valence-electron chi connectivity index (χ0n) is 10.3. The number of carbonyl (C=O) groups is 2. The van der Waals surface area contributed by atoms with Gasteiger partial charge in [-0.05, 0) is 30.4 Å². The Hall–Kier alpha value is -1.36. The third kappa shape index (κ3) is 2.56. The van der Waals surface area contributed by atoms with E-state index in [9.17, 15) is 14.7 Å². The largest absolute Gasteiger partial charge is 0.481 e. The molecular formula is C13H17NO3S. The van der Waals surface area contributed by atoms with Gasteiger partial charge in [0.05, 0.1) is 17.0 Å². The topological polar surface area (TPSA) is 57.6 Å². The molecule has 4 nitrogen and oxygen atoms in total. The van der Waals surface area contributed by atoms with Gasteiger partial charge >= 0.3 is 5.97 Å². The summed E-state index contributed by atoms with van der Waals surface area (Å²) in [5.41, 5.74) is 0. The van der Waals surface area contributed by atoms with Crippen molar-refractivity contribution in [2.45, 2.75) is 38.6 Å². The number of amides is 1. The van der Waals surface area contributed by atoms with Crippen LogP contribution < -0.4 is 4.90 Å². The Bertz CT molecular complexity index is 429. The second kappa shape index (κ2) is 5.52. The lowest BCUT2D eigenvalue weighted by Crippen LogP contribution is -2.47. The molecule has 1 fully saturated rings. The highest BCUT2D eigenvalue weighted by atomic mass is 32.1. The van der Waals surface area contributed by atoms with Crippen LogP contribution in [0.1, 0.15) is 32.6 Å². The molecule has 2 unspecified atom stereocenters. The average Bonchev–Trinajstić information content (AvgIpc) is 2.83. The van der Waals surface area contributed by atoms with Gasteiger partial charge in [-0.25, -0.2) is 0 Å². The van der Waals surface area contributed by atoms with Crippen LogP contribution in [0.5, 0.6) is 0 Å². The molecular weight excluding hydrogens is 250 g/mol. The van der Waals surface area contributed by atoms with Crippen molar-refractivity contribution < 1.29 is 14.7 Å². The first-order chi connectivity index (χ1) is 8.61. The number of carbonyl (C=O) groups excluding carboxylic acids is 1. The first kappa shape index (κ1) is 13.1. The fourth-order valence-corrected chi connectivity index (χ4v) is 3.50. The van der Waals surface area contributed by atoms with E-state index in [4.69, 9.17) is 0 Å². The van der Waals surface area contributed by atoms with E-state index < -0.39 is 11.9 Å². The molecule has 1 amide bonds. The predicted octanol–water partition coefficient (Wildman–Crippen LogP) is 2.74. The molecule has 0 radical (unpaired) electrons. The molecule has 1 heterocycles. The van der Waals surface area contributed by atoms with Crippen LogP contribution in [0.2, 0.25) is 0 Å². The minimum atomic E-state index is -0.789. The van der Waals surface area contributed by atoms with Crippen LogP contribution in [0.25, 0.3) is 0 Å². The van der Waals surface area contributed by atoms with Crippen LogP contribution in [-0.2, 0) is 9.59 Å². The average molecular weight is 267 g/mol. The standard InChI is InChI=1S/C13H17NO3S/c1-9(15)14(12-7-4-8-18-12)11-6-3-2-5-10(11)13(16)17/h4,7-8,10-11H,2-3,5-6H2,1H3,(H,16,17). The molecule has 2 rings (SSSR count). The van der Waals surface area contributed by atoms with Crippen molar-refractivity contribution in [3.63, 3.8) is 0 Å². The van der Waals surface area contributed by atoms with Crippen LogP contribution in [-0.4, -0.2) is 23.0 Å². The van der Waals surface area contributed by atoms with Gasteiger partial charge in [-0.1, -0.05) is 12.8 Å². The number of anilines is 1. The lowest BCUT2D eigenvalue weighted by molar-refractivity contribution is -0.143. The maximum Gasteiger partial charge on any atom is 0.308 e. The first-order valence-electron chi connectivity index (χ1n) is 6.17. The zero-order valence-corrected chi connectivity index (χ0v) is 11.2. The number of thiophene rings is 1. The summed E-state index contributed by atoms with van der Waals surface area (Å²) < 4.78 is 0. The first-order valence-corrected chi connectivity index (χ1v) is 7.05. The number of aliphatic carboxylic acids is 1. The van der Waals surface area contributed by atoms with Crippen LogP contribution >= 0.6 is 11.3 Å². The molecule has 0 aromatic carbocycles. The van der Waals surface area contributed by atoms with E-state index in [-0.39, 0.29) is 11.9 Å². The van der Waals surface area contributed by atoms with Gasteiger partial charge in [0.25, 0.3) is 0 Å². The summed E-state index contributed by atoms with van der Waals surface area (Å²) >= 11 is 1.48. The quantitative estimate of drug-likeness (QED) is 0.916. The van der Waals surface area contributed by atoms with Crippen LogP contribution in [0.4, 0.5) is 5.00 Å². The van der Waals surface area contributed by atoms with Crippen molar-refractivity contribution in [2.24, 2.45) is 5.92 Å². The van der Waals surface area contributed by atoms with E-state index in [1.54, 1.807) is 4.90 Å². The van der Waals surface area contributed by atoms with Gasteiger partial charge in [0, 0.05) is 6.92 Å². The van der Waals surface area contributed by atoms with E-state index in [2.05, 4.69) is 0 Å². The van der Waals surface area contributed by atoms with E-state index >= 15 is 0 Å². The van der Waals surface area contributed by atoms with E-state index in [0.29, 0.717) is 6.42 Å². The minimum Gasteiger partial charge on any atom is -0.481 e. The third-order valence-electron chi connectivity index (χ3n) is 3.46. The molecule has 1 aromatic heterocycles. The number of carboxylic acid groups (broad SMARTS) is 1. The number of hydrogen-bond acceptors (Lipinski definition) is 3. The number of rotatable bonds is 3. The van der Waals surface area contributed by atoms with Gasteiger partial charge in [-0.2, -0.15) is 0 Å². The van der Waals surface area contributed by atoms with Gasteiger partial charge < -0.3 is 10.0 Å². The van der Waals surface area contributed by atoms with Gasteiger partial charge in [0.2, 0.25) is 5.91 Å². The number of hydrogen-bond donors (Lipinski definition) is 1. The van der Waals surface area contributed by atoms with Crippen molar-refractivity contribution in [3.8, 4) is 0 Å². The molecule has 1 aliphatic rings. The molecule has 0 aliphatic heterocycles. The Morgan fingerprint density at radius 2 is 2.11 bits per heavy atom. The van der Waals surface area contributed by atoms with Gasteiger partial charge in [-0.15, -0.1) is 11.3 Å². The van der Waals surface area contributed by atoms with Gasteiger partial charge in [0.1, 0.15) is 0 Å². The lowest BCUT2D eigenvalue weighted by atomic mass is 9.83. The Kier molecular flexibility index (Phi) is 4.01. The molecule has 1 saturated carbocycles. The fraction of sp³-hybridized carbons (Fsp3) is 0.538. The molecule has 0 saturated heterocycles. The summed E-state index contributed by atoms with van der Waals surface area (Å²) in [6.07, 6.45) is 3.36. The molecule has 1 aromatic rings. The van der Waals surface area contributed by atoms with Crippen LogP contribution in [0.15, 0.2) is 17.5 Å². The molecule has 1 aliphatic carbocycles. The lowest BCUT2D eigenvalue weighted by Gasteiger charge is -2.36. The fourth-order valence-electron chi connectivity index (χ4n) is 2.67. The highest BCUT2D eigenvalue weighted by Gasteiger charge is 2.37. The normalized spacial score (nSPS) is 23.6. The van der Waals surface area contributed by atoms with Crippen molar-refractivity contribution in [1.82, 2.24) is 0 Å². The Balaban J connectivity index is 2.29. The van der Waals surface area contributed by atoms with Gasteiger partial charge in [-0.3, -0.25) is 9.59 Å². The number of carboxylic acids is 1. The highest BCUT2D eigenvalue weighted by molar-refractivity contribution is 7.14. The summed E-state index contributed by atoms with van der Waals surface area (Å²) in [4.78, 5) is 24.8. The molecule has 1 N–H and O–H groups in total. The summed E-state index contributed by atoms with van der Waals surface area (Å²) in [7, 11) is 0. The Labute approximate surface area is 110 Å². The predicted molar refractivity (Wildman–Crippen MR) is 70.9 cm³/mol. The third-order valence-corrected chi connectivity index (χ3v) is 4.33. The van der Waals surface area contributed by atoms with Crippen molar-refractivity contribution >= 4 is 28.2 Å². The minimum absolute atomic E-state index is 0.0735. The second-order valence-electron chi connectivity index (χ2n) is 4.64. The molecule has 5 heteroatoms. The monoisotopic (exact) mass is 267 g/mol. The molecule has 0 spiro atoms. The number of nitrogens with zero attached hydrogens (tertiary/aromatic N) is 1. The smallest absolute Gasteiger partial charge is 0.308 e. The summed E-state index contributed by atoms with van der Waals surface area (Å²) in [5, 5.41) is 12.1. The Morgan fingerprint density at radius 1 is 1.39 bits per heavy atom. The maximum absolute atomic E-state index is 11.8. The van der Waals surface area contributed by atoms with Crippen molar-refractivity contribution in [1.29, 1.82) is 0 Å². The summed E-state index contributed by atoms with van der Waals surface area (Å²) in [6.45, 7) is 1.51. The molecule has 98 valence electrons.